The Kier molecular flexibility index (Phi) is 8.12. The van der Waals surface area contributed by atoms with E-state index in [9.17, 15) is 4.79 Å². The maximum atomic E-state index is 12.6. The Labute approximate surface area is 212 Å². The fourth-order valence-corrected chi connectivity index (χ4v) is 4.24. The zero-order chi connectivity index (χ0) is 24.6. The first kappa shape index (κ1) is 24.4. The van der Waals surface area contributed by atoms with Gasteiger partial charge in [0.25, 0.3) is 0 Å². The lowest BCUT2D eigenvalue weighted by atomic mass is 10.3. The van der Waals surface area contributed by atoms with Crippen LogP contribution in [0, 0.1) is 0 Å². The Morgan fingerprint density at radius 3 is 2.43 bits per heavy atom. The molecule has 0 saturated heterocycles. The van der Waals surface area contributed by atoms with Gasteiger partial charge in [-0.2, -0.15) is 0 Å². The number of halogens is 1. The third kappa shape index (κ3) is 6.26. The highest BCUT2D eigenvalue weighted by molar-refractivity contribution is 7.99. The lowest BCUT2D eigenvalue weighted by Crippen LogP contribution is -2.15. The van der Waals surface area contributed by atoms with Gasteiger partial charge in [-0.1, -0.05) is 41.6 Å². The van der Waals surface area contributed by atoms with Gasteiger partial charge < -0.3 is 19.5 Å². The first-order valence-corrected chi connectivity index (χ1v) is 12.0. The van der Waals surface area contributed by atoms with Crippen molar-refractivity contribution in [1.82, 2.24) is 14.8 Å². The number of thioether (sulfide) groups is 1. The first-order chi connectivity index (χ1) is 17.1. The number of aromatic nitrogens is 3. The Balaban J connectivity index is 1.50. The first-order valence-electron chi connectivity index (χ1n) is 10.6. The summed E-state index contributed by atoms with van der Waals surface area (Å²) in [5.74, 6) is 2.51. The molecule has 1 aromatic heterocycles. The lowest BCUT2D eigenvalue weighted by Gasteiger charge is -2.12. The van der Waals surface area contributed by atoms with Crippen molar-refractivity contribution in [1.29, 1.82) is 0 Å². The number of amides is 1. The predicted octanol–water partition coefficient (Wildman–Crippen LogP) is 5.25. The van der Waals surface area contributed by atoms with Crippen molar-refractivity contribution in [2.24, 2.45) is 0 Å². The minimum absolute atomic E-state index is 0.122. The van der Waals surface area contributed by atoms with Gasteiger partial charge in [0, 0.05) is 11.4 Å². The minimum atomic E-state index is -0.206. The van der Waals surface area contributed by atoms with E-state index in [0.29, 0.717) is 27.4 Å². The van der Waals surface area contributed by atoms with Crippen molar-refractivity contribution >= 4 is 35.0 Å². The molecule has 0 fully saturated rings. The Morgan fingerprint density at radius 1 is 0.971 bits per heavy atom. The number of methoxy groups -OCH3 is 2. The van der Waals surface area contributed by atoms with Crippen molar-refractivity contribution < 1.29 is 19.0 Å². The average Bonchev–Trinajstić information content (AvgIpc) is 3.30. The van der Waals surface area contributed by atoms with Gasteiger partial charge in [0.15, 0.2) is 11.0 Å². The van der Waals surface area contributed by atoms with Crippen molar-refractivity contribution in [2.75, 3.05) is 25.3 Å². The third-order valence-corrected chi connectivity index (χ3v) is 6.13. The van der Waals surface area contributed by atoms with Crippen LogP contribution in [0.5, 0.6) is 17.2 Å². The largest absolute Gasteiger partial charge is 0.497 e. The number of ether oxygens (including phenoxy) is 3. The summed E-state index contributed by atoms with van der Waals surface area (Å²) in [4.78, 5) is 12.6. The van der Waals surface area contributed by atoms with Gasteiger partial charge in [-0.15, -0.1) is 10.2 Å². The summed E-state index contributed by atoms with van der Waals surface area (Å²) < 4.78 is 18.2. The molecule has 180 valence electrons. The van der Waals surface area contributed by atoms with Gasteiger partial charge in [0.05, 0.1) is 25.0 Å². The zero-order valence-corrected chi connectivity index (χ0v) is 20.7. The lowest BCUT2D eigenvalue weighted by molar-refractivity contribution is -0.113. The molecule has 1 amide bonds. The Morgan fingerprint density at radius 2 is 1.74 bits per heavy atom. The summed E-state index contributed by atoms with van der Waals surface area (Å²) in [6.45, 7) is 0.208. The fraction of sp³-hybridized carbons (Fsp3) is 0.160. The molecule has 8 nitrogen and oxygen atoms in total. The number of para-hydroxylation sites is 1. The van der Waals surface area contributed by atoms with E-state index >= 15 is 0 Å². The number of hydrogen-bond donors (Lipinski definition) is 1. The van der Waals surface area contributed by atoms with Crippen molar-refractivity contribution in [3.05, 3.63) is 83.6 Å². The molecule has 0 aliphatic rings. The number of nitrogens with zero attached hydrogens (tertiary/aromatic N) is 3. The second-order valence-electron chi connectivity index (χ2n) is 7.22. The molecule has 0 aliphatic carbocycles. The monoisotopic (exact) mass is 510 g/mol. The van der Waals surface area contributed by atoms with E-state index in [0.717, 1.165) is 17.2 Å². The Hall–Kier alpha value is -3.69. The highest BCUT2D eigenvalue weighted by atomic mass is 35.5. The number of anilines is 1. The summed E-state index contributed by atoms with van der Waals surface area (Å²) in [5, 5.41) is 12.4. The van der Waals surface area contributed by atoms with Crippen molar-refractivity contribution in [2.45, 2.75) is 11.8 Å². The van der Waals surface area contributed by atoms with Crippen LogP contribution in [0.2, 0.25) is 5.02 Å². The van der Waals surface area contributed by atoms with Gasteiger partial charge in [-0.3, -0.25) is 9.36 Å². The van der Waals surface area contributed by atoms with E-state index in [1.165, 1.54) is 18.9 Å². The van der Waals surface area contributed by atoms with Crippen LogP contribution < -0.4 is 19.5 Å². The molecule has 4 rings (SSSR count). The highest BCUT2D eigenvalue weighted by Gasteiger charge is 2.17. The summed E-state index contributed by atoms with van der Waals surface area (Å²) in [6, 6.07) is 22.1. The molecule has 0 bridgehead atoms. The van der Waals surface area contributed by atoms with Crippen molar-refractivity contribution in [3.8, 4) is 22.9 Å². The van der Waals surface area contributed by atoms with Crippen LogP contribution in [0.4, 0.5) is 5.69 Å². The number of rotatable bonds is 10. The smallest absolute Gasteiger partial charge is 0.234 e. The number of carbonyl (C=O) groups is 1. The quantitative estimate of drug-likeness (QED) is 0.291. The van der Waals surface area contributed by atoms with E-state index in [-0.39, 0.29) is 18.3 Å². The second kappa shape index (κ2) is 11.6. The SMILES string of the molecule is COc1ccc(-n2c(COc3ccccc3)nnc2SCC(=O)Nc2ccc(OC)c(Cl)c2)cc1. The van der Waals surface area contributed by atoms with Gasteiger partial charge in [-0.05, 0) is 54.6 Å². The van der Waals surface area contributed by atoms with E-state index in [1.807, 2.05) is 59.2 Å². The average molecular weight is 511 g/mol. The number of nitrogens with one attached hydrogen (secondary N) is 1. The van der Waals surface area contributed by atoms with Crippen molar-refractivity contribution in [3.63, 3.8) is 0 Å². The summed E-state index contributed by atoms with van der Waals surface area (Å²) in [7, 11) is 3.15. The molecule has 3 aromatic carbocycles. The van der Waals surface area contributed by atoms with Crippen LogP contribution >= 0.6 is 23.4 Å². The normalized spacial score (nSPS) is 10.6. The van der Waals surface area contributed by atoms with Crippen LogP contribution in [-0.4, -0.2) is 40.6 Å². The molecule has 4 aromatic rings. The van der Waals surface area contributed by atoms with E-state index in [1.54, 1.807) is 25.3 Å². The second-order valence-corrected chi connectivity index (χ2v) is 8.57. The molecule has 0 aliphatic heterocycles. The molecule has 10 heteroatoms. The maximum Gasteiger partial charge on any atom is 0.234 e. The van der Waals surface area contributed by atoms with Crippen LogP contribution in [0.25, 0.3) is 5.69 Å². The van der Waals surface area contributed by atoms with Gasteiger partial charge >= 0.3 is 0 Å². The number of carbonyl (C=O) groups excluding carboxylic acids is 1. The van der Waals surface area contributed by atoms with Crippen LogP contribution in [-0.2, 0) is 11.4 Å². The maximum absolute atomic E-state index is 12.6. The minimum Gasteiger partial charge on any atom is -0.497 e. The molecule has 0 atom stereocenters. The molecule has 1 heterocycles. The van der Waals surface area contributed by atoms with E-state index in [4.69, 9.17) is 25.8 Å². The number of hydrogen-bond acceptors (Lipinski definition) is 7. The molecule has 0 spiro atoms. The standard InChI is InChI=1S/C25H23ClN4O4S/c1-32-19-11-9-18(10-12-19)30-23(15-34-20-6-4-3-5-7-20)28-29-25(30)35-16-24(31)27-17-8-13-22(33-2)21(26)14-17/h3-14H,15-16H2,1-2H3,(H,27,31). The molecular formula is C25H23ClN4O4S. The third-order valence-electron chi connectivity index (χ3n) is 4.91. The highest BCUT2D eigenvalue weighted by Crippen LogP contribution is 2.28. The van der Waals surface area contributed by atoms with E-state index < -0.39 is 0 Å². The number of benzene rings is 3. The van der Waals surface area contributed by atoms with Crippen LogP contribution in [0.15, 0.2) is 78.0 Å². The summed E-state index contributed by atoms with van der Waals surface area (Å²) >= 11 is 7.42. The van der Waals surface area contributed by atoms with Gasteiger partial charge in [-0.25, -0.2) is 0 Å². The summed E-state index contributed by atoms with van der Waals surface area (Å²) in [5.41, 5.74) is 1.40. The molecular weight excluding hydrogens is 488 g/mol. The Bertz CT molecular complexity index is 1280. The molecule has 1 N–H and O–H groups in total. The van der Waals surface area contributed by atoms with Gasteiger partial charge in [0.2, 0.25) is 5.91 Å². The van der Waals surface area contributed by atoms with Crippen LogP contribution in [0.3, 0.4) is 0 Å². The van der Waals surface area contributed by atoms with E-state index in [2.05, 4.69) is 15.5 Å². The summed E-state index contributed by atoms with van der Waals surface area (Å²) in [6.07, 6.45) is 0. The predicted molar refractivity (Wildman–Crippen MR) is 136 cm³/mol. The zero-order valence-electron chi connectivity index (χ0n) is 19.1. The molecule has 35 heavy (non-hydrogen) atoms. The fourth-order valence-electron chi connectivity index (χ4n) is 3.21. The van der Waals surface area contributed by atoms with Gasteiger partial charge in [0.1, 0.15) is 23.9 Å². The van der Waals surface area contributed by atoms with Crippen LogP contribution in [0.1, 0.15) is 5.82 Å². The molecule has 0 unspecified atom stereocenters. The molecule has 0 saturated carbocycles. The topological polar surface area (TPSA) is 87.5 Å². The molecule has 0 radical (unpaired) electrons.